The van der Waals surface area contributed by atoms with Crippen molar-refractivity contribution in [3.05, 3.63) is 0 Å². The maximum Gasteiger partial charge on any atom is 0.237 e. The molecule has 18 heavy (non-hydrogen) atoms. The van der Waals surface area contributed by atoms with Crippen LogP contribution in [0.2, 0.25) is 0 Å². The molecule has 0 saturated carbocycles. The van der Waals surface area contributed by atoms with E-state index in [2.05, 4.69) is 21.5 Å². The van der Waals surface area contributed by atoms with Crippen molar-refractivity contribution in [3.8, 4) is 12.3 Å². The molecule has 0 aliphatic carbocycles. The molecule has 2 atom stereocenters. The lowest BCUT2D eigenvalue weighted by Gasteiger charge is -2.31. The second-order valence-electron chi connectivity index (χ2n) is 5.34. The summed E-state index contributed by atoms with van der Waals surface area (Å²) in [6, 6.07) is 0.0374. The number of amides is 1. The molecule has 0 radical (unpaired) electrons. The first-order valence-electron chi connectivity index (χ1n) is 6.96. The lowest BCUT2D eigenvalue weighted by Crippen LogP contribution is -2.45. The topological polar surface area (TPSA) is 44.4 Å². The van der Waals surface area contributed by atoms with Gasteiger partial charge in [0, 0.05) is 13.1 Å². The molecule has 4 nitrogen and oxygen atoms in total. The van der Waals surface area contributed by atoms with Gasteiger partial charge in [0.2, 0.25) is 5.91 Å². The second kappa shape index (κ2) is 6.77. The zero-order valence-corrected chi connectivity index (χ0v) is 11.0. The molecule has 0 aromatic heterocycles. The lowest BCUT2D eigenvalue weighted by molar-refractivity contribution is -0.123. The van der Waals surface area contributed by atoms with Crippen LogP contribution in [-0.4, -0.2) is 49.6 Å². The van der Waals surface area contributed by atoms with E-state index in [0.717, 1.165) is 45.6 Å². The van der Waals surface area contributed by atoms with Gasteiger partial charge in [0.1, 0.15) is 0 Å². The Morgan fingerprint density at radius 1 is 1.44 bits per heavy atom. The third-order valence-electron chi connectivity index (χ3n) is 3.86. The van der Waals surface area contributed by atoms with Crippen LogP contribution in [0.5, 0.6) is 0 Å². The Morgan fingerprint density at radius 3 is 3.06 bits per heavy atom. The summed E-state index contributed by atoms with van der Waals surface area (Å²) in [5.41, 5.74) is 0. The third kappa shape index (κ3) is 3.72. The molecule has 100 valence electrons. The highest BCUT2D eigenvalue weighted by Gasteiger charge is 2.24. The predicted molar refractivity (Wildman–Crippen MR) is 72.0 cm³/mol. The maximum absolute atomic E-state index is 11.9. The van der Waals surface area contributed by atoms with Crippen molar-refractivity contribution in [2.75, 3.05) is 32.7 Å². The Morgan fingerprint density at radius 2 is 2.33 bits per heavy atom. The number of rotatable bonds is 4. The molecule has 2 rings (SSSR count). The van der Waals surface area contributed by atoms with Gasteiger partial charge >= 0.3 is 0 Å². The Kier molecular flexibility index (Phi) is 5.03. The number of hydrogen-bond donors (Lipinski definition) is 2. The minimum absolute atomic E-state index is 0.0374. The molecule has 0 aromatic carbocycles. The third-order valence-corrected chi connectivity index (χ3v) is 3.86. The number of carbonyl (C=O) groups is 1. The Balaban J connectivity index is 1.69. The van der Waals surface area contributed by atoms with Gasteiger partial charge in [-0.05, 0) is 44.7 Å². The Bertz CT molecular complexity index is 317. The normalized spacial score (nSPS) is 28.8. The number of piperidine rings is 1. The van der Waals surface area contributed by atoms with Crippen LogP contribution in [0, 0.1) is 18.3 Å². The van der Waals surface area contributed by atoms with Crippen LogP contribution in [0.3, 0.4) is 0 Å². The molecule has 4 heteroatoms. The summed E-state index contributed by atoms with van der Waals surface area (Å²) < 4.78 is 0. The molecule has 2 N–H and O–H groups in total. The van der Waals surface area contributed by atoms with E-state index in [1.165, 1.54) is 12.8 Å². The van der Waals surface area contributed by atoms with Gasteiger partial charge in [0.15, 0.2) is 0 Å². The van der Waals surface area contributed by atoms with Crippen molar-refractivity contribution in [1.29, 1.82) is 0 Å². The molecule has 1 amide bonds. The summed E-state index contributed by atoms with van der Waals surface area (Å²) in [5.74, 6) is 3.42. The average molecular weight is 249 g/mol. The first-order valence-corrected chi connectivity index (χ1v) is 6.96. The zero-order chi connectivity index (χ0) is 12.8. The fraction of sp³-hybridized carbons (Fsp3) is 0.786. The van der Waals surface area contributed by atoms with Gasteiger partial charge in [-0.15, -0.1) is 6.42 Å². The van der Waals surface area contributed by atoms with Gasteiger partial charge < -0.3 is 10.6 Å². The first kappa shape index (κ1) is 13.4. The highest BCUT2D eigenvalue weighted by atomic mass is 16.2. The molecule has 2 fully saturated rings. The van der Waals surface area contributed by atoms with Gasteiger partial charge in [-0.25, -0.2) is 0 Å². The number of carbonyl (C=O) groups excluding carboxylic acids is 1. The van der Waals surface area contributed by atoms with Crippen molar-refractivity contribution in [3.63, 3.8) is 0 Å². The van der Waals surface area contributed by atoms with Crippen LogP contribution in [0.25, 0.3) is 0 Å². The summed E-state index contributed by atoms with van der Waals surface area (Å²) in [7, 11) is 0. The van der Waals surface area contributed by atoms with E-state index in [-0.39, 0.29) is 11.9 Å². The van der Waals surface area contributed by atoms with Crippen LogP contribution < -0.4 is 10.6 Å². The van der Waals surface area contributed by atoms with E-state index in [4.69, 9.17) is 6.42 Å². The van der Waals surface area contributed by atoms with Crippen LogP contribution >= 0.6 is 0 Å². The molecule has 0 spiro atoms. The molecule has 2 unspecified atom stereocenters. The van der Waals surface area contributed by atoms with Gasteiger partial charge in [-0.3, -0.25) is 9.69 Å². The number of nitrogens with one attached hydrogen (secondary N) is 2. The van der Waals surface area contributed by atoms with Crippen molar-refractivity contribution in [2.24, 2.45) is 5.92 Å². The minimum atomic E-state index is 0.0374. The smallest absolute Gasteiger partial charge is 0.237 e. The fourth-order valence-corrected chi connectivity index (χ4v) is 2.87. The lowest BCUT2D eigenvalue weighted by atomic mass is 9.98. The monoisotopic (exact) mass is 249 g/mol. The van der Waals surface area contributed by atoms with Crippen molar-refractivity contribution >= 4 is 5.91 Å². The van der Waals surface area contributed by atoms with Gasteiger partial charge in [0.05, 0.1) is 12.6 Å². The van der Waals surface area contributed by atoms with E-state index >= 15 is 0 Å². The first-order chi connectivity index (χ1) is 8.79. The van der Waals surface area contributed by atoms with Crippen LogP contribution in [0.15, 0.2) is 0 Å². The zero-order valence-electron chi connectivity index (χ0n) is 11.0. The summed E-state index contributed by atoms with van der Waals surface area (Å²) >= 11 is 0. The van der Waals surface area contributed by atoms with E-state index < -0.39 is 0 Å². The number of hydrogen-bond acceptors (Lipinski definition) is 3. The number of nitrogens with zero attached hydrogens (tertiary/aromatic N) is 1. The van der Waals surface area contributed by atoms with E-state index in [0.29, 0.717) is 5.92 Å². The summed E-state index contributed by atoms with van der Waals surface area (Å²) in [5, 5.41) is 6.30. The van der Waals surface area contributed by atoms with Crippen molar-refractivity contribution < 1.29 is 4.79 Å². The van der Waals surface area contributed by atoms with Crippen molar-refractivity contribution in [2.45, 2.75) is 31.7 Å². The molecule has 0 aromatic rings. The quantitative estimate of drug-likeness (QED) is 0.700. The molecular formula is C14H23N3O. The highest BCUT2D eigenvalue weighted by molar-refractivity contribution is 5.81. The number of terminal acetylenes is 1. The largest absolute Gasteiger partial charge is 0.354 e. The Hall–Kier alpha value is -1.05. The molecule has 2 aliphatic rings. The molecule has 2 aliphatic heterocycles. The SMILES string of the molecule is C#CCN1CCCC(CNC(=O)C2CCCN2)C1. The average Bonchev–Trinajstić information content (AvgIpc) is 2.91. The van der Waals surface area contributed by atoms with Crippen LogP contribution in [0.4, 0.5) is 0 Å². The summed E-state index contributed by atoms with van der Waals surface area (Å²) in [6.07, 6.45) is 9.80. The van der Waals surface area contributed by atoms with E-state index in [9.17, 15) is 4.79 Å². The molecular weight excluding hydrogens is 226 g/mol. The molecule has 0 bridgehead atoms. The maximum atomic E-state index is 11.9. The summed E-state index contributed by atoms with van der Waals surface area (Å²) in [4.78, 5) is 14.2. The minimum Gasteiger partial charge on any atom is -0.354 e. The molecule has 2 saturated heterocycles. The van der Waals surface area contributed by atoms with E-state index in [1.54, 1.807) is 0 Å². The van der Waals surface area contributed by atoms with Gasteiger partial charge in [0.25, 0.3) is 0 Å². The second-order valence-corrected chi connectivity index (χ2v) is 5.34. The highest BCUT2D eigenvalue weighted by Crippen LogP contribution is 2.15. The van der Waals surface area contributed by atoms with E-state index in [1.807, 2.05) is 0 Å². The Labute approximate surface area is 109 Å². The number of likely N-dealkylation sites (tertiary alicyclic amines) is 1. The van der Waals surface area contributed by atoms with Gasteiger partial charge in [-0.1, -0.05) is 5.92 Å². The predicted octanol–water partition coefficient (Wildman–Crippen LogP) is 0.200. The fourth-order valence-electron chi connectivity index (χ4n) is 2.87. The van der Waals surface area contributed by atoms with Crippen LogP contribution in [0.1, 0.15) is 25.7 Å². The van der Waals surface area contributed by atoms with Crippen molar-refractivity contribution in [1.82, 2.24) is 15.5 Å². The standard InChI is InChI=1S/C14H23N3O/c1-2-8-17-9-4-5-12(11-17)10-16-14(18)13-6-3-7-15-13/h1,12-13,15H,3-11H2,(H,16,18). The molecule has 2 heterocycles. The van der Waals surface area contributed by atoms with Gasteiger partial charge in [-0.2, -0.15) is 0 Å². The van der Waals surface area contributed by atoms with Crippen LogP contribution in [-0.2, 0) is 4.79 Å². The summed E-state index contributed by atoms with van der Waals surface area (Å²) in [6.45, 7) is 4.60.